The van der Waals surface area contributed by atoms with Gasteiger partial charge in [0.25, 0.3) is 0 Å². The van der Waals surface area contributed by atoms with Crippen molar-refractivity contribution in [3.8, 4) is 22.4 Å². The van der Waals surface area contributed by atoms with Crippen LogP contribution in [0.4, 0.5) is 10.5 Å². The maximum Gasteiger partial charge on any atom is 0.411 e. The van der Waals surface area contributed by atoms with Crippen molar-refractivity contribution in [1.82, 2.24) is 20.0 Å². The van der Waals surface area contributed by atoms with Crippen molar-refractivity contribution in [3.63, 3.8) is 0 Å². The van der Waals surface area contributed by atoms with Gasteiger partial charge in [-0.2, -0.15) is 0 Å². The highest BCUT2D eigenvalue weighted by Crippen LogP contribution is 2.31. The first kappa shape index (κ1) is 24.1. The highest BCUT2D eigenvalue weighted by Gasteiger charge is 2.17. The first-order valence-electron chi connectivity index (χ1n) is 12.2. The highest BCUT2D eigenvalue weighted by atomic mass is 16.4. The van der Waals surface area contributed by atoms with Crippen molar-refractivity contribution >= 4 is 11.8 Å². The van der Waals surface area contributed by atoms with Crippen molar-refractivity contribution < 1.29 is 9.90 Å². The number of carbonyl (C=O) groups is 1. The van der Waals surface area contributed by atoms with E-state index in [2.05, 4.69) is 15.3 Å². The number of unbranched alkanes of at least 4 members (excludes halogenated alkanes) is 5. The SMILES string of the molecule is O=C(O)N(CCCCCCCCn1cc(-c2cccnc2)nn1)c1ccccc1-c1ccccc1. The maximum atomic E-state index is 12.0. The molecule has 0 saturated heterocycles. The molecule has 7 nitrogen and oxygen atoms in total. The molecule has 2 aromatic carbocycles. The van der Waals surface area contributed by atoms with Gasteiger partial charge >= 0.3 is 6.09 Å². The summed E-state index contributed by atoms with van der Waals surface area (Å²) in [5.41, 5.74) is 4.52. The fraction of sp³-hybridized carbons (Fsp3) is 0.286. The zero-order chi connectivity index (χ0) is 24.3. The molecule has 1 amide bonds. The highest BCUT2D eigenvalue weighted by molar-refractivity contribution is 5.92. The van der Waals surface area contributed by atoms with Crippen LogP contribution in [0.1, 0.15) is 38.5 Å². The van der Waals surface area contributed by atoms with Gasteiger partial charge in [0.05, 0.1) is 11.9 Å². The second-order valence-electron chi connectivity index (χ2n) is 8.55. The van der Waals surface area contributed by atoms with Crippen molar-refractivity contribution in [2.75, 3.05) is 11.4 Å². The summed E-state index contributed by atoms with van der Waals surface area (Å²) >= 11 is 0. The van der Waals surface area contributed by atoms with Crippen molar-refractivity contribution in [2.24, 2.45) is 0 Å². The van der Waals surface area contributed by atoms with Gasteiger partial charge in [-0.15, -0.1) is 5.10 Å². The summed E-state index contributed by atoms with van der Waals surface area (Å²) in [6.45, 7) is 1.34. The molecule has 0 bridgehead atoms. The fourth-order valence-corrected chi connectivity index (χ4v) is 4.20. The zero-order valence-corrected chi connectivity index (χ0v) is 19.8. The van der Waals surface area contributed by atoms with Crippen LogP contribution in [-0.2, 0) is 6.54 Å². The van der Waals surface area contributed by atoms with Crippen LogP contribution >= 0.6 is 0 Å². The molecule has 0 aliphatic heterocycles. The van der Waals surface area contributed by atoms with Crippen LogP contribution in [0.25, 0.3) is 22.4 Å². The number of para-hydroxylation sites is 1. The summed E-state index contributed by atoms with van der Waals surface area (Å²) in [6, 6.07) is 21.5. The molecule has 0 aliphatic carbocycles. The van der Waals surface area contributed by atoms with Crippen molar-refractivity contribution in [1.29, 1.82) is 0 Å². The summed E-state index contributed by atoms with van der Waals surface area (Å²) in [5.74, 6) is 0. The van der Waals surface area contributed by atoms with Gasteiger partial charge in [0.1, 0.15) is 5.69 Å². The van der Waals surface area contributed by atoms with Gasteiger partial charge in [-0.1, -0.05) is 79.4 Å². The topological polar surface area (TPSA) is 84.1 Å². The van der Waals surface area contributed by atoms with E-state index in [0.717, 1.165) is 73.1 Å². The maximum absolute atomic E-state index is 12.0. The smallest absolute Gasteiger partial charge is 0.411 e. The number of amides is 1. The lowest BCUT2D eigenvalue weighted by Crippen LogP contribution is -2.30. The number of carboxylic acid groups (broad SMARTS) is 1. The quantitative estimate of drug-likeness (QED) is 0.238. The Bertz CT molecular complexity index is 1190. The largest absolute Gasteiger partial charge is 0.465 e. The Morgan fingerprint density at radius 3 is 2.31 bits per heavy atom. The van der Waals surface area contributed by atoms with E-state index in [1.54, 1.807) is 12.4 Å². The number of anilines is 1. The van der Waals surface area contributed by atoms with E-state index in [-0.39, 0.29) is 0 Å². The van der Waals surface area contributed by atoms with Crippen LogP contribution in [-0.4, -0.2) is 37.7 Å². The third-order valence-corrected chi connectivity index (χ3v) is 6.03. The number of nitrogens with zero attached hydrogens (tertiary/aromatic N) is 5. The Morgan fingerprint density at radius 2 is 1.54 bits per heavy atom. The Morgan fingerprint density at radius 1 is 0.829 bits per heavy atom. The molecule has 0 aliphatic rings. The molecular weight excluding hydrogens is 438 g/mol. The lowest BCUT2D eigenvalue weighted by atomic mass is 10.0. The average molecular weight is 470 g/mol. The first-order valence-corrected chi connectivity index (χ1v) is 12.2. The van der Waals surface area contributed by atoms with E-state index >= 15 is 0 Å². The summed E-state index contributed by atoms with van der Waals surface area (Å²) in [6.07, 6.45) is 10.8. The van der Waals surface area contributed by atoms with Crippen LogP contribution in [0.3, 0.4) is 0 Å². The summed E-state index contributed by atoms with van der Waals surface area (Å²) < 4.78 is 1.89. The van der Waals surface area contributed by atoms with Crippen LogP contribution in [0.2, 0.25) is 0 Å². The molecule has 0 saturated carbocycles. The minimum absolute atomic E-state index is 0.495. The first-order chi connectivity index (χ1) is 17.2. The van der Waals surface area contributed by atoms with Gasteiger partial charge in [0.15, 0.2) is 0 Å². The molecule has 0 spiro atoms. The van der Waals surface area contributed by atoms with E-state index < -0.39 is 6.09 Å². The van der Waals surface area contributed by atoms with Gasteiger partial charge in [0, 0.05) is 36.6 Å². The third-order valence-electron chi connectivity index (χ3n) is 6.03. The van der Waals surface area contributed by atoms with E-state index in [9.17, 15) is 9.90 Å². The van der Waals surface area contributed by atoms with Crippen LogP contribution < -0.4 is 4.90 Å². The minimum Gasteiger partial charge on any atom is -0.465 e. The van der Waals surface area contributed by atoms with E-state index in [4.69, 9.17) is 0 Å². The van der Waals surface area contributed by atoms with Crippen molar-refractivity contribution in [3.05, 3.63) is 85.3 Å². The van der Waals surface area contributed by atoms with Gasteiger partial charge in [-0.3, -0.25) is 14.6 Å². The normalized spacial score (nSPS) is 10.9. The third kappa shape index (κ3) is 6.76. The Hall–Kier alpha value is -4.00. The number of hydrogen-bond acceptors (Lipinski definition) is 4. The predicted octanol–water partition coefficient (Wildman–Crippen LogP) is 6.53. The molecular formula is C28H31N5O2. The summed E-state index contributed by atoms with van der Waals surface area (Å²) in [7, 11) is 0. The van der Waals surface area contributed by atoms with E-state index in [0.29, 0.717) is 6.54 Å². The number of benzene rings is 2. The molecule has 0 radical (unpaired) electrons. The lowest BCUT2D eigenvalue weighted by Gasteiger charge is -2.22. The predicted molar refractivity (Wildman–Crippen MR) is 138 cm³/mol. The van der Waals surface area contributed by atoms with Gasteiger partial charge in [0.2, 0.25) is 0 Å². The monoisotopic (exact) mass is 469 g/mol. The van der Waals surface area contributed by atoms with Gasteiger partial charge in [-0.25, -0.2) is 4.79 Å². The molecule has 1 N–H and O–H groups in total. The van der Waals surface area contributed by atoms with Crippen LogP contribution in [0.15, 0.2) is 85.3 Å². The molecule has 0 atom stereocenters. The second-order valence-corrected chi connectivity index (χ2v) is 8.55. The van der Waals surface area contributed by atoms with Crippen molar-refractivity contribution in [2.45, 2.75) is 45.1 Å². The van der Waals surface area contributed by atoms with E-state index in [1.807, 2.05) is 77.6 Å². The molecule has 180 valence electrons. The molecule has 0 fully saturated rings. The standard InChI is InChI=1S/C28H31N5O2/c34-28(35)33(27-17-9-8-16-25(27)23-13-6-5-7-14-23)20-11-4-2-1-3-10-19-32-22-26(30-31-32)24-15-12-18-29-21-24/h5-9,12-18,21-22H,1-4,10-11,19-20H2,(H,34,35). The van der Waals surface area contributed by atoms with Crippen LogP contribution in [0.5, 0.6) is 0 Å². The summed E-state index contributed by atoms with van der Waals surface area (Å²) in [4.78, 5) is 17.6. The Balaban J connectivity index is 1.19. The fourth-order valence-electron chi connectivity index (χ4n) is 4.20. The number of pyridine rings is 1. The van der Waals surface area contributed by atoms with E-state index in [1.165, 1.54) is 4.90 Å². The molecule has 4 aromatic rings. The zero-order valence-electron chi connectivity index (χ0n) is 19.8. The lowest BCUT2D eigenvalue weighted by molar-refractivity contribution is 0.201. The molecule has 7 heteroatoms. The molecule has 2 aromatic heterocycles. The number of hydrogen-bond donors (Lipinski definition) is 1. The van der Waals surface area contributed by atoms with Crippen LogP contribution in [0, 0.1) is 0 Å². The summed E-state index contributed by atoms with van der Waals surface area (Å²) in [5, 5.41) is 18.3. The average Bonchev–Trinajstić information content (AvgIpc) is 3.38. The van der Waals surface area contributed by atoms with Gasteiger partial charge < -0.3 is 5.11 Å². The molecule has 0 unspecified atom stereocenters. The molecule has 2 heterocycles. The number of aromatic nitrogens is 4. The minimum atomic E-state index is -0.910. The molecule has 35 heavy (non-hydrogen) atoms. The number of aryl methyl sites for hydroxylation is 1. The van der Waals surface area contributed by atoms with Gasteiger partial charge in [-0.05, 0) is 36.6 Å². The Labute approximate surface area is 206 Å². The molecule has 4 rings (SSSR count). The second kappa shape index (κ2) is 12.5. The Kier molecular flexibility index (Phi) is 8.59. The number of rotatable bonds is 12.